The molecule has 1 amide bonds. The van der Waals surface area contributed by atoms with Gasteiger partial charge in [-0.1, -0.05) is 36.0 Å². The van der Waals surface area contributed by atoms with E-state index in [2.05, 4.69) is 10.1 Å². The van der Waals surface area contributed by atoms with Gasteiger partial charge in [0.1, 0.15) is 6.04 Å². The summed E-state index contributed by atoms with van der Waals surface area (Å²) in [5.74, 6) is 1.54. The molecule has 1 aliphatic heterocycles. The van der Waals surface area contributed by atoms with E-state index in [-0.39, 0.29) is 17.9 Å². The Bertz CT molecular complexity index is 737. The predicted octanol–water partition coefficient (Wildman–Crippen LogP) is 4.63. The zero-order valence-electron chi connectivity index (χ0n) is 14.2. The quantitative estimate of drug-likeness (QED) is 0.801. The topological polar surface area (TPSA) is 59.2 Å². The Hall–Kier alpha value is -1.88. The van der Waals surface area contributed by atoms with Crippen molar-refractivity contribution in [1.82, 2.24) is 15.0 Å². The van der Waals surface area contributed by atoms with Crippen LogP contribution >= 0.6 is 11.6 Å². The molecule has 1 saturated heterocycles. The molecule has 0 bridgehead atoms. The summed E-state index contributed by atoms with van der Waals surface area (Å²) in [7, 11) is 0. The minimum absolute atomic E-state index is 0.0806. The molecule has 0 radical (unpaired) electrons. The van der Waals surface area contributed by atoms with E-state index in [1.165, 1.54) is 6.42 Å². The van der Waals surface area contributed by atoms with E-state index < -0.39 is 0 Å². The second-order valence-corrected chi connectivity index (χ2v) is 7.42. The summed E-state index contributed by atoms with van der Waals surface area (Å²) in [4.78, 5) is 19.4. The maximum Gasteiger partial charge on any atom is 0.249 e. The van der Waals surface area contributed by atoms with Crippen LogP contribution in [-0.2, 0) is 4.79 Å². The molecule has 5 nitrogen and oxygen atoms in total. The Morgan fingerprint density at radius 3 is 2.60 bits per heavy atom. The fourth-order valence-electron chi connectivity index (χ4n) is 3.96. The summed E-state index contributed by atoms with van der Waals surface area (Å²) in [6, 6.07) is 7.28. The van der Waals surface area contributed by atoms with E-state index in [4.69, 9.17) is 16.1 Å². The number of rotatable bonds is 3. The highest BCUT2D eigenvalue weighted by molar-refractivity contribution is 6.30. The largest absolute Gasteiger partial charge is 0.337 e. The molecule has 2 aliphatic rings. The van der Waals surface area contributed by atoms with Gasteiger partial charge in [0.15, 0.2) is 0 Å². The number of nitrogens with zero attached hydrogens (tertiary/aromatic N) is 3. The third kappa shape index (κ3) is 3.43. The molecular weight excluding hydrogens is 338 g/mol. The lowest BCUT2D eigenvalue weighted by atomic mass is 9.88. The number of hydrogen-bond donors (Lipinski definition) is 0. The third-order valence-electron chi connectivity index (χ3n) is 5.32. The Kier molecular flexibility index (Phi) is 4.75. The number of benzene rings is 1. The summed E-state index contributed by atoms with van der Waals surface area (Å²) in [5, 5.41) is 4.77. The monoisotopic (exact) mass is 359 g/mol. The van der Waals surface area contributed by atoms with Gasteiger partial charge in [-0.2, -0.15) is 4.98 Å². The Morgan fingerprint density at radius 1 is 1.08 bits per heavy atom. The molecule has 1 aromatic heterocycles. The molecule has 2 aromatic rings. The number of amides is 1. The molecule has 1 aromatic carbocycles. The van der Waals surface area contributed by atoms with Crippen molar-refractivity contribution in [2.75, 3.05) is 6.54 Å². The highest BCUT2D eigenvalue weighted by Gasteiger charge is 2.37. The van der Waals surface area contributed by atoms with Gasteiger partial charge in [0.25, 0.3) is 0 Å². The highest BCUT2D eigenvalue weighted by atomic mass is 35.5. The van der Waals surface area contributed by atoms with Crippen molar-refractivity contribution in [3.05, 3.63) is 35.2 Å². The first-order valence-corrected chi connectivity index (χ1v) is 9.50. The molecule has 1 atom stereocenters. The molecular formula is C19H22ClN3O2. The predicted molar refractivity (Wildman–Crippen MR) is 95.0 cm³/mol. The van der Waals surface area contributed by atoms with Crippen LogP contribution in [0, 0.1) is 5.92 Å². The second kappa shape index (κ2) is 7.16. The third-order valence-corrected chi connectivity index (χ3v) is 5.57. The normalized spacial score (nSPS) is 21.6. The first kappa shape index (κ1) is 16.6. The van der Waals surface area contributed by atoms with Crippen LogP contribution < -0.4 is 0 Å². The Labute approximate surface area is 152 Å². The number of carbonyl (C=O) groups excluding carboxylic acids is 1. The van der Waals surface area contributed by atoms with Crippen LogP contribution in [0.5, 0.6) is 0 Å². The maximum absolute atomic E-state index is 12.9. The van der Waals surface area contributed by atoms with Gasteiger partial charge in [0.2, 0.25) is 17.6 Å². The van der Waals surface area contributed by atoms with Crippen LogP contribution in [0.25, 0.3) is 11.4 Å². The molecule has 0 spiro atoms. The summed E-state index contributed by atoms with van der Waals surface area (Å²) in [5.41, 5.74) is 0.863. The van der Waals surface area contributed by atoms with Crippen molar-refractivity contribution in [2.45, 2.75) is 51.0 Å². The minimum Gasteiger partial charge on any atom is -0.337 e. The van der Waals surface area contributed by atoms with Gasteiger partial charge in [-0.05, 0) is 49.9 Å². The van der Waals surface area contributed by atoms with Crippen LogP contribution in [0.15, 0.2) is 28.8 Å². The number of halogens is 1. The standard InChI is InChI=1S/C19H22ClN3O2/c20-15-10-8-13(9-11-15)17-21-18(25-22-17)16-7-4-12-23(16)19(24)14-5-2-1-3-6-14/h8-11,14,16H,1-7,12H2. The Morgan fingerprint density at radius 2 is 1.84 bits per heavy atom. The Balaban J connectivity index is 1.52. The van der Waals surface area contributed by atoms with E-state index >= 15 is 0 Å². The molecule has 0 N–H and O–H groups in total. The van der Waals surface area contributed by atoms with Gasteiger partial charge < -0.3 is 9.42 Å². The van der Waals surface area contributed by atoms with E-state index in [9.17, 15) is 4.79 Å². The average Bonchev–Trinajstić information content (AvgIpc) is 3.31. The number of carbonyl (C=O) groups is 1. The molecule has 2 heterocycles. The average molecular weight is 360 g/mol. The van der Waals surface area contributed by atoms with E-state index in [1.807, 2.05) is 17.0 Å². The van der Waals surface area contributed by atoms with Crippen LogP contribution in [0.1, 0.15) is 56.9 Å². The smallest absolute Gasteiger partial charge is 0.249 e. The van der Waals surface area contributed by atoms with Gasteiger partial charge in [-0.15, -0.1) is 0 Å². The zero-order valence-corrected chi connectivity index (χ0v) is 14.9. The zero-order chi connectivity index (χ0) is 17.2. The SMILES string of the molecule is O=C(C1CCCCC1)N1CCCC1c1nc(-c2ccc(Cl)cc2)no1. The molecule has 132 valence electrons. The summed E-state index contributed by atoms with van der Waals surface area (Å²) in [6.45, 7) is 0.790. The van der Waals surface area contributed by atoms with E-state index in [0.717, 1.165) is 50.6 Å². The van der Waals surface area contributed by atoms with Crippen LogP contribution in [0.4, 0.5) is 0 Å². The number of likely N-dealkylation sites (tertiary alicyclic amines) is 1. The molecule has 1 unspecified atom stereocenters. The first-order valence-electron chi connectivity index (χ1n) is 9.12. The molecule has 4 rings (SSSR count). The molecule has 2 fully saturated rings. The minimum atomic E-state index is -0.0806. The highest BCUT2D eigenvalue weighted by Crippen LogP contribution is 2.35. The van der Waals surface area contributed by atoms with Crippen molar-refractivity contribution in [2.24, 2.45) is 5.92 Å². The van der Waals surface area contributed by atoms with E-state index in [0.29, 0.717) is 16.7 Å². The van der Waals surface area contributed by atoms with Gasteiger partial charge in [0, 0.05) is 23.0 Å². The van der Waals surface area contributed by atoms with Gasteiger partial charge in [-0.25, -0.2) is 0 Å². The molecule has 25 heavy (non-hydrogen) atoms. The maximum atomic E-state index is 12.9. The summed E-state index contributed by atoms with van der Waals surface area (Å²) < 4.78 is 5.51. The lowest BCUT2D eigenvalue weighted by molar-refractivity contribution is -0.138. The molecule has 1 aliphatic carbocycles. The molecule has 6 heteroatoms. The van der Waals surface area contributed by atoms with Gasteiger partial charge >= 0.3 is 0 Å². The van der Waals surface area contributed by atoms with Crippen molar-refractivity contribution >= 4 is 17.5 Å². The van der Waals surface area contributed by atoms with Crippen LogP contribution in [-0.4, -0.2) is 27.5 Å². The van der Waals surface area contributed by atoms with Crippen molar-refractivity contribution in [1.29, 1.82) is 0 Å². The van der Waals surface area contributed by atoms with Gasteiger partial charge in [0.05, 0.1) is 0 Å². The van der Waals surface area contributed by atoms with E-state index in [1.54, 1.807) is 12.1 Å². The van der Waals surface area contributed by atoms with Crippen LogP contribution in [0.2, 0.25) is 5.02 Å². The number of hydrogen-bond acceptors (Lipinski definition) is 4. The summed E-state index contributed by atoms with van der Waals surface area (Å²) >= 11 is 5.93. The molecule has 1 saturated carbocycles. The summed E-state index contributed by atoms with van der Waals surface area (Å²) in [6.07, 6.45) is 7.49. The number of aromatic nitrogens is 2. The van der Waals surface area contributed by atoms with Crippen molar-refractivity contribution < 1.29 is 9.32 Å². The van der Waals surface area contributed by atoms with Gasteiger partial charge in [-0.3, -0.25) is 4.79 Å². The fourth-order valence-corrected chi connectivity index (χ4v) is 4.08. The fraction of sp³-hybridized carbons (Fsp3) is 0.526. The lowest BCUT2D eigenvalue weighted by Gasteiger charge is -2.29. The van der Waals surface area contributed by atoms with Crippen molar-refractivity contribution in [3.8, 4) is 11.4 Å². The second-order valence-electron chi connectivity index (χ2n) is 6.99. The lowest BCUT2D eigenvalue weighted by Crippen LogP contribution is -2.36. The van der Waals surface area contributed by atoms with Crippen LogP contribution in [0.3, 0.4) is 0 Å². The van der Waals surface area contributed by atoms with Crippen molar-refractivity contribution in [3.63, 3.8) is 0 Å². The first-order chi connectivity index (χ1) is 12.2.